The fraction of sp³-hybridized carbons (Fsp3) is 0.786. The van der Waals surface area contributed by atoms with E-state index in [-0.39, 0.29) is 23.8 Å². The van der Waals surface area contributed by atoms with Gasteiger partial charge in [-0.05, 0) is 18.8 Å². The van der Waals surface area contributed by atoms with Crippen LogP contribution in [0.3, 0.4) is 0 Å². The summed E-state index contributed by atoms with van der Waals surface area (Å²) in [5.41, 5.74) is 0. The van der Waals surface area contributed by atoms with Gasteiger partial charge in [0.05, 0.1) is 0 Å². The normalized spacial score (nSPS) is 21.6. The molecule has 106 valence electrons. The Morgan fingerprint density at radius 3 is 2.16 bits per heavy atom. The molecular formula is C14H22N2O3. The average molecular weight is 266 g/mol. The Kier molecular flexibility index (Phi) is 4.22. The highest BCUT2D eigenvalue weighted by molar-refractivity contribution is 6.02. The van der Waals surface area contributed by atoms with Crippen molar-refractivity contribution in [3.05, 3.63) is 0 Å². The molecule has 2 rings (SSSR count). The minimum Gasteiger partial charge on any atom is -0.343 e. The van der Waals surface area contributed by atoms with Crippen molar-refractivity contribution in [2.45, 2.75) is 52.0 Å². The summed E-state index contributed by atoms with van der Waals surface area (Å²) >= 11 is 0. The van der Waals surface area contributed by atoms with Crippen LogP contribution in [0.25, 0.3) is 0 Å². The molecular weight excluding hydrogens is 244 g/mol. The van der Waals surface area contributed by atoms with Gasteiger partial charge in [0.15, 0.2) is 0 Å². The summed E-state index contributed by atoms with van der Waals surface area (Å²) in [4.78, 5) is 38.6. The van der Waals surface area contributed by atoms with Gasteiger partial charge in [0.25, 0.3) is 0 Å². The molecule has 19 heavy (non-hydrogen) atoms. The van der Waals surface area contributed by atoms with Crippen molar-refractivity contribution in [3.8, 4) is 0 Å². The van der Waals surface area contributed by atoms with Gasteiger partial charge in [-0.25, -0.2) is 0 Å². The maximum Gasteiger partial charge on any atom is 0.229 e. The van der Waals surface area contributed by atoms with Crippen LogP contribution < -0.4 is 0 Å². The maximum atomic E-state index is 11.9. The molecule has 0 unspecified atom stereocenters. The number of amides is 3. The Hall–Kier alpha value is -1.39. The number of imide groups is 1. The predicted octanol–water partition coefficient (Wildman–Crippen LogP) is 1.17. The lowest BCUT2D eigenvalue weighted by atomic mass is 10.0. The molecule has 0 aromatic heterocycles. The molecule has 2 heterocycles. The molecule has 5 heteroatoms. The summed E-state index contributed by atoms with van der Waals surface area (Å²) in [6.45, 7) is 5.39. The number of hydrogen-bond donors (Lipinski definition) is 0. The first-order valence-corrected chi connectivity index (χ1v) is 7.11. The predicted molar refractivity (Wildman–Crippen MR) is 70.1 cm³/mol. The molecule has 2 saturated heterocycles. The topological polar surface area (TPSA) is 57.7 Å². The van der Waals surface area contributed by atoms with Gasteiger partial charge in [0.2, 0.25) is 17.7 Å². The van der Waals surface area contributed by atoms with Crippen LogP contribution in [0.4, 0.5) is 0 Å². The monoisotopic (exact) mass is 266 g/mol. The lowest BCUT2D eigenvalue weighted by molar-refractivity contribution is -0.142. The van der Waals surface area contributed by atoms with Crippen LogP contribution in [0.15, 0.2) is 0 Å². The van der Waals surface area contributed by atoms with Gasteiger partial charge in [-0.1, -0.05) is 13.8 Å². The molecule has 0 bridgehead atoms. The molecule has 5 nitrogen and oxygen atoms in total. The lowest BCUT2D eigenvalue weighted by Crippen LogP contribution is -2.48. The second kappa shape index (κ2) is 5.72. The third-order valence-electron chi connectivity index (χ3n) is 3.86. The summed E-state index contributed by atoms with van der Waals surface area (Å²) in [5, 5.41) is 0. The number of piperidine rings is 1. The van der Waals surface area contributed by atoms with Crippen molar-refractivity contribution in [2.75, 3.05) is 13.1 Å². The highest BCUT2D eigenvalue weighted by atomic mass is 16.2. The number of likely N-dealkylation sites (tertiary alicyclic amines) is 2. The zero-order valence-corrected chi connectivity index (χ0v) is 11.7. The smallest absolute Gasteiger partial charge is 0.229 e. The maximum absolute atomic E-state index is 11.9. The fourth-order valence-electron chi connectivity index (χ4n) is 2.85. The molecule has 2 aliphatic rings. The molecule has 0 aromatic rings. The van der Waals surface area contributed by atoms with Gasteiger partial charge < -0.3 is 4.90 Å². The Morgan fingerprint density at radius 1 is 1.16 bits per heavy atom. The van der Waals surface area contributed by atoms with Gasteiger partial charge >= 0.3 is 0 Å². The van der Waals surface area contributed by atoms with E-state index in [0.717, 1.165) is 12.8 Å². The first-order valence-electron chi connectivity index (χ1n) is 7.11. The Balaban J connectivity index is 1.87. The Bertz CT molecular complexity index is 368. The molecule has 0 atom stereocenters. The molecule has 0 aromatic carbocycles. The number of rotatable bonds is 3. The molecule has 0 spiro atoms. The molecule has 2 aliphatic heterocycles. The van der Waals surface area contributed by atoms with E-state index in [1.807, 2.05) is 18.7 Å². The minimum atomic E-state index is -0.0445. The SMILES string of the molecule is CC(C)CC(=O)N1CCC(N2C(=O)CCC2=O)CC1. The molecule has 0 N–H and O–H groups in total. The van der Waals surface area contributed by atoms with Crippen molar-refractivity contribution in [3.63, 3.8) is 0 Å². The zero-order chi connectivity index (χ0) is 14.0. The van der Waals surface area contributed by atoms with Crippen LogP contribution in [0, 0.1) is 5.92 Å². The summed E-state index contributed by atoms with van der Waals surface area (Å²) in [6, 6.07) is 0.00519. The van der Waals surface area contributed by atoms with Gasteiger partial charge in [0.1, 0.15) is 0 Å². The van der Waals surface area contributed by atoms with Crippen LogP contribution >= 0.6 is 0 Å². The van der Waals surface area contributed by atoms with E-state index in [1.165, 1.54) is 4.90 Å². The number of carbonyl (C=O) groups excluding carboxylic acids is 3. The van der Waals surface area contributed by atoms with Crippen LogP contribution in [0.5, 0.6) is 0 Å². The quantitative estimate of drug-likeness (QED) is 0.721. The molecule has 0 saturated carbocycles. The average Bonchev–Trinajstić information content (AvgIpc) is 2.68. The third-order valence-corrected chi connectivity index (χ3v) is 3.86. The van der Waals surface area contributed by atoms with Gasteiger partial charge in [-0.2, -0.15) is 0 Å². The van der Waals surface area contributed by atoms with E-state index in [9.17, 15) is 14.4 Å². The second-order valence-electron chi connectivity index (χ2n) is 5.87. The molecule has 3 amide bonds. The number of carbonyl (C=O) groups is 3. The van der Waals surface area contributed by atoms with Gasteiger partial charge in [-0.3, -0.25) is 19.3 Å². The lowest BCUT2D eigenvalue weighted by Gasteiger charge is -2.36. The van der Waals surface area contributed by atoms with E-state index in [2.05, 4.69) is 0 Å². The molecule has 0 radical (unpaired) electrons. The summed E-state index contributed by atoms with van der Waals surface area (Å²) in [5.74, 6) is 0.466. The molecule has 0 aliphatic carbocycles. The summed E-state index contributed by atoms with van der Waals surface area (Å²) in [7, 11) is 0. The highest BCUT2D eigenvalue weighted by Gasteiger charge is 2.37. The fourth-order valence-corrected chi connectivity index (χ4v) is 2.85. The van der Waals surface area contributed by atoms with E-state index >= 15 is 0 Å². The van der Waals surface area contributed by atoms with Gasteiger partial charge in [-0.15, -0.1) is 0 Å². The van der Waals surface area contributed by atoms with Crippen LogP contribution in [0.1, 0.15) is 46.0 Å². The van der Waals surface area contributed by atoms with Crippen molar-refractivity contribution >= 4 is 17.7 Å². The first kappa shape index (κ1) is 14.0. The third kappa shape index (κ3) is 3.14. The Labute approximate surface area is 113 Å². The van der Waals surface area contributed by atoms with Crippen LogP contribution in [0.2, 0.25) is 0 Å². The minimum absolute atomic E-state index is 0.00519. The number of hydrogen-bond acceptors (Lipinski definition) is 3. The van der Waals surface area contributed by atoms with Crippen molar-refractivity contribution in [1.82, 2.24) is 9.80 Å². The van der Waals surface area contributed by atoms with E-state index < -0.39 is 0 Å². The van der Waals surface area contributed by atoms with Crippen LogP contribution in [-0.2, 0) is 14.4 Å². The van der Waals surface area contributed by atoms with Crippen molar-refractivity contribution in [1.29, 1.82) is 0 Å². The van der Waals surface area contributed by atoms with Crippen molar-refractivity contribution in [2.24, 2.45) is 5.92 Å². The van der Waals surface area contributed by atoms with E-state index in [0.29, 0.717) is 38.3 Å². The van der Waals surface area contributed by atoms with Gasteiger partial charge in [0, 0.05) is 38.4 Å². The van der Waals surface area contributed by atoms with E-state index in [1.54, 1.807) is 0 Å². The largest absolute Gasteiger partial charge is 0.343 e. The van der Waals surface area contributed by atoms with Crippen LogP contribution in [-0.4, -0.2) is 46.7 Å². The highest BCUT2D eigenvalue weighted by Crippen LogP contribution is 2.23. The summed E-state index contributed by atoms with van der Waals surface area (Å²) in [6.07, 6.45) is 2.73. The standard InChI is InChI=1S/C14H22N2O3/c1-10(2)9-14(19)15-7-5-11(6-8-15)16-12(17)3-4-13(16)18/h10-11H,3-9H2,1-2H3. The Morgan fingerprint density at radius 2 is 1.68 bits per heavy atom. The molecule has 2 fully saturated rings. The second-order valence-corrected chi connectivity index (χ2v) is 5.87. The van der Waals surface area contributed by atoms with Crippen molar-refractivity contribution < 1.29 is 14.4 Å². The zero-order valence-electron chi connectivity index (χ0n) is 11.7. The number of nitrogens with zero attached hydrogens (tertiary/aromatic N) is 2. The first-order chi connectivity index (χ1) is 8.99. The van der Waals surface area contributed by atoms with E-state index in [4.69, 9.17) is 0 Å². The summed E-state index contributed by atoms with van der Waals surface area (Å²) < 4.78 is 0.